The van der Waals surface area contributed by atoms with Crippen LogP contribution in [-0.4, -0.2) is 11.3 Å². The minimum Gasteiger partial charge on any atom is -0.449 e. The smallest absolute Gasteiger partial charge is 0.449 e. The third-order valence-corrected chi connectivity index (χ3v) is 7.97. The molecule has 0 saturated carbocycles. The number of hydrogen-bond donors (Lipinski definition) is 1. The first kappa shape index (κ1) is 24.8. The van der Waals surface area contributed by atoms with E-state index in [1.807, 2.05) is 25.1 Å². The molecule has 0 saturated heterocycles. The van der Waals surface area contributed by atoms with E-state index in [4.69, 9.17) is 9.84 Å². The van der Waals surface area contributed by atoms with E-state index in [1.165, 1.54) is 46.2 Å². The monoisotopic (exact) mass is 490 g/mol. The highest BCUT2D eigenvalue weighted by Gasteiger charge is 2.37. The van der Waals surface area contributed by atoms with Gasteiger partial charge < -0.3 is 9.84 Å². The zero-order valence-electron chi connectivity index (χ0n) is 22.3. The summed E-state index contributed by atoms with van der Waals surface area (Å²) < 4.78 is 4.91. The molecule has 0 amide bonds. The van der Waals surface area contributed by atoms with Crippen LogP contribution in [0.5, 0.6) is 5.75 Å². The van der Waals surface area contributed by atoms with Gasteiger partial charge in [0.05, 0.1) is 0 Å². The summed E-state index contributed by atoms with van der Waals surface area (Å²) in [6.07, 6.45) is 1.06. The molecule has 0 bridgehead atoms. The van der Waals surface area contributed by atoms with Crippen LogP contribution in [0.15, 0.2) is 84.9 Å². The lowest BCUT2D eigenvalue weighted by Gasteiger charge is -2.42. The highest BCUT2D eigenvalue weighted by molar-refractivity contribution is 5.87. The van der Waals surface area contributed by atoms with Gasteiger partial charge in [-0.3, -0.25) is 0 Å². The molecule has 0 aliphatic heterocycles. The minimum atomic E-state index is -1.30. The molecule has 0 radical (unpaired) electrons. The number of ether oxygens (including phenoxy) is 1. The number of aryl methyl sites for hydroxylation is 1. The summed E-state index contributed by atoms with van der Waals surface area (Å²) in [5, 5.41) is 9.01. The summed E-state index contributed by atoms with van der Waals surface area (Å²) in [5.41, 5.74) is 10.9. The van der Waals surface area contributed by atoms with Crippen LogP contribution >= 0.6 is 0 Å². The molecule has 1 aliphatic rings. The van der Waals surface area contributed by atoms with Crippen molar-refractivity contribution in [2.75, 3.05) is 0 Å². The molecule has 0 unspecified atom stereocenters. The summed E-state index contributed by atoms with van der Waals surface area (Å²) in [5.74, 6) is 0.358. The van der Waals surface area contributed by atoms with Crippen LogP contribution in [0, 0.1) is 6.92 Å². The average molecular weight is 491 g/mol. The fourth-order valence-corrected chi connectivity index (χ4v) is 5.63. The van der Waals surface area contributed by atoms with Crippen molar-refractivity contribution in [1.82, 2.24) is 0 Å². The van der Waals surface area contributed by atoms with Gasteiger partial charge in [0.2, 0.25) is 0 Å². The average Bonchev–Trinajstić information content (AvgIpc) is 2.88. The molecule has 0 heterocycles. The standard InChI is InChI=1S/C34H34O3/c1-22-19-24(13-16-31(22)37-32(35)36)25-11-14-27(23-9-7-6-8-10-23)28(20-25)26-12-15-29-30(21-26)34(4,5)18-17-33(29,2)3/h6-16,19-21H,17-18H2,1-5H3,(H,35,36). The van der Waals surface area contributed by atoms with Gasteiger partial charge in [0, 0.05) is 0 Å². The van der Waals surface area contributed by atoms with Crippen LogP contribution in [0.4, 0.5) is 4.79 Å². The summed E-state index contributed by atoms with van der Waals surface area (Å²) in [6, 6.07) is 29.8. The lowest BCUT2D eigenvalue weighted by molar-refractivity contribution is 0.144. The van der Waals surface area contributed by atoms with Crippen molar-refractivity contribution in [3.05, 3.63) is 102 Å². The quantitative estimate of drug-likeness (QED) is 0.229. The molecule has 5 rings (SSSR count). The summed E-state index contributed by atoms with van der Waals surface area (Å²) >= 11 is 0. The molecular formula is C34H34O3. The Kier molecular flexibility index (Phi) is 6.19. The SMILES string of the molecule is Cc1cc(-c2ccc(-c3ccccc3)c(-c3ccc4c(c3)C(C)(C)CCC4(C)C)c2)ccc1OC(=O)O. The van der Waals surface area contributed by atoms with E-state index in [9.17, 15) is 4.79 Å². The third kappa shape index (κ3) is 4.79. The predicted octanol–water partition coefficient (Wildman–Crippen LogP) is 9.40. The molecule has 3 heteroatoms. The van der Waals surface area contributed by atoms with E-state index >= 15 is 0 Å². The van der Waals surface area contributed by atoms with E-state index in [0.717, 1.165) is 16.7 Å². The molecule has 4 aromatic rings. The lowest BCUT2D eigenvalue weighted by Crippen LogP contribution is -2.33. The highest BCUT2D eigenvalue weighted by atomic mass is 16.7. The largest absolute Gasteiger partial charge is 0.511 e. The second-order valence-corrected chi connectivity index (χ2v) is 11.5. The van der Waals surface area contributed by atoms with Gasteiger partial charge in [-0.2, -0.15) is 0 Å². The normalized spacial score (nSPS) is 15.6. The number of rotatable bonds is 4. The Bertz CT molecular complexity index is 1480. The predicted molar refractivity (Wildman–Crippen MR) is 151 cm³/mol. The van der Waals surface area contributed by atoms with Crippen molar-refractivity contribution in [1.29, 1.82) is 0 Å². The van der Waals surface area contributed by atoms with Crippen molar-refractivity contribution < 1.29 is 14.6 Å². The lowest BCUT2D eigenvalue weighted by atomic mass is 9.63. The number of carboxylic acid groups (broad SMARTS) is 1. The molecule has 1 aliphatic carbocycles. The molecule has 1 N–H and O–H groups in total. The highest BCUT2D eigenvalue weighted by Crippen LogP contribution is 2.47. The van der Waals surface area contributed by atoms with Gasteiger partial charge in [0.1, 0.15) is 5.75 Å². The Morgan fingerprint density at radius 3 is 1.97 bits per heavy atom. The first-order chi connectivity index (χ1) is 17.5. The van der Waals surface area contributed by atoms with Crippen LogP contribution in [0.25, 0.3) is 33.4 Å². The maximum absolute atomic E-state index is 11.0. The molecule has 3 nitrogen and oxygen atoms in total. The summed E-state index contributed by atoms with van der Waals surface area (Å²) in [4.78, 5) is 11.0. The van der Waals surface area contributed by atoms with Gasteiger partial charge >= 0.3 is 6.16 Å². The van der Waals surface area contributed by atoms with E-state index in [2.05, 4.69) is 88.4 Å². The number of fused-ring (bicyclic) bond motifs is 1. The number of carbonyl (C=O) groups is 1. The zero-order chi connectivity index (χ0) is 26.4. The van der Waals surface area contributed by atoms with E-state index in [-0.39, 0.29) is 10.8 Å². The van der Waals surface area contributed by atoms with Crippen molar-refractivity contribution in [3.8, 4) is 39.1 Å². The van der Waals surface area contributed by atoms with Crippen LogP contribution in [-0.2, 0) is 10.8 Å². The van der Waals surface area contributed by atoms with Gasteiger partial charge in [0.25, 0.3) is 0 Å². The maximum atomic E-state index is 11.0. The van der Waals surface area contributed by atoms with Gasteiger partial charge in [-0.15, -0.1) is 0 Å². The molecule has 0 spiro atoms. The van der Waals surface area contributed by atoms with E-state index in [0.29, 0.717) is 5.75 Å². The molecular weight excluding hydrogens is 456 g/mol. The third-order valence-electron chi connectivity index (χ3n) is 7.97. The Hall–Kier alpha value is -3.85. The van der Waals surface area contributed by atoms with Crippen LogP contribution < -0.4 is 4.74 Å². The zero-order valence-corrected chi connectivity index (χ0v) is 22.3. The Labute approximate surface area is 219 Å². The molecule has 0 atom stereocenters. The van der Waals surface area contributed by atoms with Crippen molar-refractivity contribution in [3.63, 3.8) is 0 Å². The fraction of sp³-hybridized carbons (Fsp3) is 0.265. The molecule has 37 heavy (non-hydrogen) atoms. The second kappa shape index (κ2) is 9.23. The topological polar surface area (TPSA) is 46.5 Å². The Morgan fingerprint density at radius 1 is 0.676 bits per heavy atom. The minimum absolute atomic E-state index is 0.127. The van der Waals surface area contributed by atoms with Crippen molar-refractivity contribution >= 4 is 6.16 Å². The van der Waals surface area contributed by atoms with Gasteiger partial charge in [-0.05, 0) is 98.9 Å². The fourth-order valence-electron chi connectivity index (χ4n) is 5.63. The first-order valence-electron chi connectivity index (χ1n) is 12.9. The van der Waals surface area contributed by atoms with Crippen LogP contribution in [0.3, 0.4) is 0 Å². The summed E-state index contributed by atoms with van der Waals surface area (Å²) in [6.45, 7) is 11.3. The van der Waals surface area contributed by atoms with Gasteiger partial charge in [-0.1, -0.05) is 94.4 Å². The van der Waals surface area contributed by atoms with Crippen molar-refractivity contribution in [2.24, 2.45) is 0 Å². The Balaban J connectivity index is 1.68. The molecule has 4 aromatic carbocycles. The summed E-state index contributed by atoms with van der Waals surface area (Å²) in [7, 11) is 0. The van der Waals surface area contributed by atoms with Gasteiger partial charge in [-0.25, -0.2) is 4.79 Å². The molecule has 0 fully saturated rings. The van der Waals surface area contributed by atoms with E-state index in [1.54, 1.807) is 6.07 Å². The van der Waals surface area contributed by atoms with Crippen LogP contribution in [0.2, 0.25) is 0 Å². The number of benzene rings is 4. The van der Waals surface area contributed by atoms with E-state index < -0.39 is 6.16 Å². The maximum Gasteiger partial charge on any atom is 0.511 e. The number of hydrogen-bond acceptors (Lipinski definition) is 2. The Morgan fingerprint density at radius 2 is 1.30 bits per heavy atom. The van der Waals surface area contributed by atoms with Crippen LogP contribution in [0.1, 0.15) is 57.2 Å². The second-order valence-electron chi connectivity index (χ2n) is 11.5. The van der Waals surface area contributed by atoms with Gasteiger partial charge in [0.15, 0.2) is 0 Å². The molecule has 0 aromatic heterocycles. The molecule has 188 valence electrons. The van der Waals surface area contributed by atoms with Crippen molar-refractivity contribution in [2.45, 2.75) is 58.3 Å². The first-order valence-corrected chi connectivity index (χ1v) is 12.9.